The van der Waals surface area contributed by atoms with Gasteiger partial charge < -0.3 is 41.2 Å². The normalized spacial score (nSPS) is 12.1. The predicted molar refractivity (Wildman–Crippen MR) is 168 cm³/mol. The van der Waals surface area contributed by atoms with Gasteiger partial charge in [0.1, 0.15) is 32.5 Å². The summed E-state index contributed by atoms with van der Waals surface area (Å²) < 4.78 is 10.1. The molecule has 5 amide bonds. The Morgan fingerprint density at radius 3 is 1.91 bits per heavy atom. The molecule has 0 aromatic heterocycles. The molecule has 3 aromatic rings. The molecule has 14 heteroatoms. The lowest BCUT2D eigenvalue weighted by Gasteiger charge is -2.19. The smallest absolute Gasteiger partial charge is 0.407 e. The molecule has 1 aliphatic carbocycles. The molecule has 0 fully saturated rings. The Labute approximate surface area is 270 Å². The number of amides is 5. The van der Waals surface area contributed by atoms with Gasteiger partial charge in [0, 0.05) is 12.3 Å². The number of carbonyl (C=O) groups excluding carboxylic acids is 5. The molecule has 0 spiro atoms. The average molecular weight is 646 g/mol. The highest BCUT2D eigenvalue weighted by molar-refractivity contribution is 5.92. The number of hydrogen-bond acceptors (Lipinski definition) is 8. The third-order valence-electron chi connectivity index (χ3n) is 7.14. The number of aliphatic carboxylic acids is 1. The number of fused-ring (bicyclic) bond motifs is 3. The van der Waals surface area contributed by atoms with Gasteiger partial charge in [-0.05, 0) is 27.8 Å². The Morgan fingerprint density at radius 2 is 1.26 bits per heavy atom. The number of carboxylic acid groups (broad SMARTS) is 1. The van der Waals surface area contributed by atoms with E-state index in [4.69, 9.17) is 14.6 Å². The fourth-order valence-electron chi connectivity index (χ4n) is 4.97. The van der Waals surface area contributed by atoms with Crippen molar-refractivity contribution in [1.82, 2.24) is 26.6 Å². The van der Waals surface area contributed by atoms with Crippen molar-refractivity contribution in [2.75, 3.05) is 39.6 Å². The zero-order valence-electron chi connectivity index (χ0n) is 25.3. The van der Waals surface area contributed by atoms with E-state index in [9.17, 15) is 28.8 Å². The molecule has 0 saturated carbocycles. The lowest BCUT2D eigenvalue weighted by Crippen LogP contribution is -2.52. The molecule has 0 bridgehead atoms. The van der Waals surface area contributed by atoms with E-state index in [0.717, 1.165) is 27.8 Å². The second kappa shape index (κ2) is 17.1. The molecule has 246 valence electrons. The van der Waals surface area contributed by atoms with Crippen molar-refractivity contribution in [2.45, 2.75) is 18.4 Å². The van der Waals surface area contributed by atoms with Crippen LogP contribution >= 0.6 is 0 Å². The largest absolute Gasteiger partial charge is 0.480 e. The van der Waals surface area contributed by atoms with Crippen LogP contribution in [0.2, 0.25) is 0 Å². The summed E-state index contributed by atoms with van der Waals surface area (Å²) in [6, 6.07) is 23.6. The first-order valence-corrected chi connectivity index (χ1v) is 14.7. The number of alkyl carbamates (subject to hydrolysis) is 1. The summed E-state index contributed by atoms with van der Waals surface area (Å²) in [5.74, 6) is -3.97. The van der Waals surface area contributed by atoms with Crippen LogP contribution in [-0.4, -0.2) is 86.4 Å². The molecule has 3 aromatic carbocycles. The summed E-state index contributed by atoms with van der Waals surface area (Å²) >= 11 is 0. The number of rotatable bonds is 16. The molecule has 1 aliphatic rings. The Hall–Kier alpha value is -5.76. The first kappa shape index (κ1) is 34.1. The topological polar surface area (TPSA) is 201 Å². The number of benzene rings is 3. The van der Waals surface area contributed by atoms with Crippen LogP contribution in [0.25, 0.3) is 11.1 Å². The maximum absolute atomic E-state index is 12.9. The summed E-state index contributed by atoms with van der Waals surface area (Å²) in [6.45, 7) is -2.25. The number of hydrogen-bond donors (Lipinski definition) is 6. The van der Waals surface area contributed by atoms with Crippen molar-refractivity contribution >= 4 is 35.7 Å². The fraction of sp³-hybridized carbons (Fsp3) is 0.273. The number of carbonyl (C=O) groups is 6. The van der Waals surface area contributed by atoms with Gasteiger partial charge in [0.15, 0.2) is 0 Å². The Balaban J connectivity index is 1.20. The van der Waals surface area contributed by atoms with Gasteiger partial charge in [-0.3, -0.25) is 19.2 Å². The van der Waals surface area contributed by atoms with Crippen LogP contribution in [0.3, 0.4) is 0 Å². The average Bonchev–Trinajstić information content (AvgIpc) is 3.39. The number of carboxylic acids is 1. The van der Waals surface area contributed by atoms with E-state index < -0.39 is 68.0 Å². The predicted octanol–water partition coefficient (Wildman–Crippen LogP) is 0.660. The van der Waals surface area contributed by atoms with Crippen molar-refractivity contribution in [3.8, 4) is 11.1 Å². The van der Waals surface area contributed by atoms with Crippen LogP contribution in [-0.2, 0) is 39.9 Å². The zero-order chi connectivity index (χ0) is 33.6. The Morgan fingerprint density at radius 1 is 0.681 bits per heavy atom. The zero-order valence-corrected chi connectivity index (χ0v) is 25.3. The highest BCUT2D eigenvalue weighted by Crippen LogP contribution is 2.44. The Bertz CT molecular complexity index is 1550. The molecule has 0 aliphatic heterocycles. The summed E-state index contributed by atoms with van der Waals surface area (Å²) in [5, 5.41) is 20.6. The molecule has 4 rings (SSSR count). The van der Waals surface area contributed by atoms with Crippen LogP contribution in [0.5, 0.6) is 0 Å². The summed E-state index contributed by atoms with van der Waals surface area (Å²) in [4.78, 5) is 72.7. The third kappa shape index (κ3) is 10.4. The standard InChI is InChI=1S/C33H35N5O9/c39-28(16-36-33(45)47-18-26-24-12-6-4-10-22(24)23-11-5-7-13-25(23)26)34-17-30(41)38-27(14-21-8-2-1-3-9-21)32(44)35-15-29(40)37-20-46-19-31(42)43/h1-13,26-27H,14-20H2,(H,34,39)(H,35,44)(H,36,45)(H,37,40)(H,38,41)(H,42,43)/t27-/m0/s1. The van der Waals surface area contributed by atoms with Crippen molar-refractivity contribution < 1.29 is 43.3 Å². The minimum atomic E-state index is -1.20. The molecule has 1 atom stereocenters. The van der Waals surface area contributed by atoms with Crippen molar-refractivity contribution in [2.24, 2.45) is 0 Å². The monoisotopic (exact) mass is 645 g/mol. The minimum absolute atomic E-state index is 0.0783. The molecule has 47 heavy (non-hydrogen) atoms. The van der Waals surface area contributed by atoms with Gasteiger partial charge in [0.2, 0.25) is 23.6 Å². The molecule has 0 saturated heterocycles. The van der Waals surface area contributed by atoms with E-state index in [0.29, 0.717) is 0 Å². The van der Waals surface area contributed by atoms with Gasteiger partial charge in [-0.1, -0.05) is 78.9 Å². The van der Waals surface area contributed by atoms with Gasteiger partial charge in [0.25, 0.3) is 0 Å². The maximum atomic E-state index is 12.9. The Kier molecular flexibility index (Phi) is 12.4. The molecule has 0 unspecified atom stereocenters. The van der Waals surface area contributed by atoms with Gasteiger partial charge in [0.05, 0.1) is 13.1 Å². The third-order valence-corrected chi connectivity index (χ3v) is 7.14. The first-order chi connectivity index (χ1) is 22.7. The van der Waals surface area contributed by atoms with E-state index in [-0.39, 0.29) is 25.7 Å². The van der Waals surface area contributed by atoms with Gasteiger partial charge in [-0.15, -0.1) is 0 Å². The molecule has 6 N–H and O–H groups in total. The summed E-state index contributed by atoms with van der Waals surface area (Å²) in [6.07, 6.45) is -0.692. The van der Waals surface area contributed by atoms with Gasteiger partial charge >= 0.3 is 12.1 Å². The SMILES string of the molecule is O=C(O)COCNC(=O)CNC(=O)[C@H](Cc1ccccc1)NC(=O)CNC(=O)CNC(=O)OCC1c2ccccc2-c2ccccc21. The molecule has 0 heterocycles. The lowest BCUT2D eigenvalue weighted by molar-refractivity contribution is -0.143. The minimum Gasteiger partial charge on any atom is -0.480 e. The van der Waals surface area contributed by atoms with E-state index >= 15 is 0 Å². The molecule has 0 radical (unpaired) electrons. The van der Waals surface area contributed by atoms with Crippen LogP contribution in [0.4, 0.5) is 4.79 Å². The van der Waals surface area contributed by atoms with Crippen molar-refractivity contribution in [3.63, 3.8) is 0 Å². The highest BCUT2D eigenvalue weighted by Gasteiger charge is 2.29. The second-order valence-corrected chi connectivity index (χ2v) is 10.5. The van der Waals surface area contributed by atoms with Crippen LogP contribution in [0.15, 0.2) is 78.9 Å². The van der Waals surface area contributed by atoms with Crippen LogP contribution in [0, 0.1) is 0 Å². The number of ether oxygens (including phenoxy) is 2. The number of nitrogens with one attached hydrogen (secondary N) is 5. The lowest BCUT2D eigenvalue weighted by atomic mass is 9.98. The highest BCUT2D eigenvalue weighted by atomic mass is 16.5. The van der Waals surface area contributed by atoms with E-state index in [2.05, 4.69) is 26.6 Å². The molecule has 14 nitrogen and oxygen atoms in total. The summed E-state index contributed by atoms with van der Waals surface area (Å²) in [7, 11) is 0. The molecular formula is C33H35N5O9. The van der Waals surface area contributed by atoms with E-state index in [1.54, 1.807) is 30.3 Å². The van der Waals surface area contributed by atoms with E-state index in [1.807, 2.05) is 48.5 Å². The fourth-order valence-corrected chi connectivity index (χ4v) is 4.97. The van der Waals surface area contributed by atoms with Crippen molar-refractivity contribution in [1.29, 1.82) is 0 Å². The van der Waals surface area contributed by atoms with Gasteiger partial charge in [-0.25, -0.2) is 9.59 Å². The van der Waals surface area contributed by atoms with Crippen LogP contribution < -0.4 is 26.6 Å². The summed E-state index contributed by atoms with van der Waals surface area (Å²) in [5.41, 5.74) is 5.01. The second-order valence-electron chi connectivity index (χ2n) is 10.5. The van der Waals surface area contributed by atoms with Crippen LogP contribution in [0.1, 0.15) is 22.6 Å². The van der Waals surface area contributed by atoms with E-state index in [1.165, 1.54) is 0 Å². The van der Waals surface area contributed by atoms with Gasteiger partial charge in [-0.2, -0.15) is 0 Å². The quantitative estimate of drug-likeness (QED) is 0.0956. The first-order valence-electron chi connectivity index (χ1n) is 14.7. The maximum Gasteiger partial charge on any atom is 0.407 e. The van der Waals surface area contributed by atoms with Crippen molar-refractivity contribution in [3.05, 3.63) is 95.6 Å². The molecular weight excluding hydrogens is 610 g/mol.